The molecule has 1 N–H and O–H groups in total. The standard InChI is InChI=1S/C18H17NO3/c1-3-6-18(20)19-13-14-9-11-15(12-10-14)22-17-8-5-4-7-16(17)21-2/h4-5,7-12H,13H2,1-2H3,(H,19,20). The second kappa shape index (κ2) is 7.75. The molecule has 2 rings (SSSR count). The van der Waals surface area contributed by atoms with Crippen molar-refractivity contribution in [2.75, 3.05) is 7.11 Å². The highest BCUT2D eigenvalue weighted by atomic mass is 16.5. The molecule has 22 heavy (non-hydrogen) atoms. The molecule has 0 fully saturated rings. The molecular formula is C18H17NO3. The Labute approximate surface area is 130 Å². The van der Waals surface area contributed by atoms with Gasteiger partial charge in [-0.1, -0.05) is 30.2 Å². The Bertz CT molecular complexity index is 696. The van der Waals surface area contributed by atoms with Crippen molar-refractivity contribution >= 4 is 5.91 Å². The van der Waals surface area contributed by atoms with Gasteiger partial charge in [0.2, 0.25) is 0 Å². The van der Waals surface area contributed by atoms with E-state index in [1.807, 2.05) is 48.5 Å². The summed E-state index contributed by atoms with van der Waals surface area (Å²) >= 11 is 0. The van der Waals surface area contributed by atoms with E-state index in [1.165, 1.54) is 0 Å². The van der Waals surface area contributed by atoms with E-state index in [9.17, 15) is 4.79 Å². The summed E-state index contributed by atoms with van der Waals surface area (Å²) in [4.78, 5) is 11.3. The number of hydrogen-bond acceptors (Lipinski definition) is 3. The van der Waals surface area contributed by atoms with E-state index in [4.69, 9.17) is 9.47 Å². The van der Waals surface area contributed by atoms with Crippen molar-refractivity contribution in [3.05, 3.63) is 54.1 Å². The van der Waals surface area contributed by atoms with Crippen LogP contribution in [0.3, 0.4) is 0 Å². The Morgan fingerprint density at radius 2 is 1.77 bits per heavy atom. The van der Waals surface area contributed by atoms with Crippen LogP contribution in [0.2, 0.25) is 0 Å². The molecule has 0 saturated heterocycles. The van der Waals surface area contributed by atoms with Gasteiger partial charge in [-0.3, -0.25) is 4.79 Å². The lowest BCUT2D eigenvalue weighted by Crippen LogP contribution is -2.20. The quantitative estimate of drug-likeness (QED) is 0.862. The normalized spacial score (nSPS) is 9.36. The number of rotatable bonds is 5. The van der Waals surface area contributed by atoms with Crippen LogP contribution < -0.4 is 14.8 Å². The number of benzene rings is 2. The number of hydrogen-bond donors (Lipinski definition) is 1. The molecule has 0 aliphatic carbocycles. The van der Waals surface area contributed by atoms with Gasteiger partial charge in [0.25, 0.3) is 5.91 Å². The van der Waals surface area contributed by atoms with Crippen molar-refractivity contribution < 1.29 is 14.3 Å². The van der Waals surface area contributed by atoms with Crippen LogP contribution in [0.5, 0.6) is 17.2 Å². The summed E-state index contributed by atoms with van der Waals surface area (Å²) < 4.78 is 11.0. The Kier molecular flexibility index (Phi) is 5.44. The van der Waals surface area contributed by atoms with Crippen molar-refractivity contribution in [2.45, 2.75) is 13.5 Å². The first kappa shape index (κ1) is 15.5. The van der Waals surface area contributed by atoms with E-state index in [1.54, 1.807) is 14.0 Å². The van der Waals surface area contributed by atoms with Crippen LogP contribution in [0.4, 0.5) is 0 Å². The molecule has 0 unspecified atom stereocenters. The van der Waals surface area contributed by atoms with Gasteiger partial charge >= 0.3 is 0 Å². The van der Waals surface area contributed by atoms with Crippen molar-refractivity contribution in [3.8, 4) is 29.1 Å². The minimum absolute atomic E-state index is 0.281. The molecule has 0 spiro atoms. The van der Waals surface area contributed by atoms with E-state index in [-0.39, 0.29) is 5.91 Å². The van der Waals surface area contributed by atoms with Gasteiger partial charge in [-0.25, -0.2) is 0 Å². The van der Waals surface area contributed by atoms with E-state index in [2.05, 4.69) is 17.2 Å². The predicted octanol–water partition coefficient (Wildman–Crippen LogP) is 3.13. The number of ether oxygens (including phenoxy) is 2. The number of carbonyl (C=O) groups excluding carboxylic acids is 1. The molecule has 4 nitrogen and oxygen atoms in total. The molecule has 2 aromatic rings. The lowest BCUT2D eigenvalue weighted by molar-refractivity contribution is -0.115. The van der Waals surface area contributed by atoms with Gasteiger partial charge in [-0.05, 0) is 42.7 Å². The van der Waals surface area contributed by atoms with Gasteiger partial charge in [0, 0.05) is 6.54 Å². The topological polar surface area (TPSA) is 47.6 Å². The molecule has 0 aromatic heterocycles. The van der Waals surface area contributed by atoms with Crippen molar-refractivity contribution in [3.63, 3.8) is 0 Å². The molecular weight excluding hydrogens is 278 g/mol. The zero-order valence-electron chi connectivity index (χ0n) is 12.6. The van der Waals surface area contributed by atoms with Gasteiger partial charge in [0.1, 0.15) is 5.75 Å². The molecule has 0 radical (unpaired) electrons. The van der Waals surface area contributed by atoms with Crippen LogP contribution in [-0.4, -0.2) is 13.0 Å². The van der Waals surface area contributed by atoms with Crippen LogP contribution in [0.25, 0.3) is 0 Å². The van der Waals surface area contributed by atoms with Crippen LogP contribution in [0, 0.1) is 11.8 Å². The summed E-state index contributed by atoms with van der Waals surface area (Å²) in [5.74, 6) is 6.75. The highest BCUT2D eigenvalue weighted by Gasteiger charge is 2.04. The smallest absolute Gasteiger partial charge is 0.296 e. The van der Waals surface area contributed by atoms with Crippen molar-refractivity contribution in [2.24, 2.45) is 0 Å². The highest BCUT2D eigenvalue weighted by Crippen LogP contribution is 2.30. The summed E-state index contributed by atoms with van der Waals surface area (Å²) in [7, 11) is 1.60. The van der Waals surface area contributed by atoms with Gasteiger partial charge in [0.05, 0.1) is 7.11 Å². The SMILES string of the molecule is CC#CC(=O)NCc1ccc(Oc2ccccc2OC)cc1. The van der Waals surface area contributed by atoms with Crippen molar-refractivity contribution in [1.29, 1.82) is 0 Å². The molecule has 112 valence electrons. The summed E-state index contributed by atoms with van der Waals surface area (Å²) in [6.45, 7) is 2.06. The molecule has 0 heterocycles. The first-order chi connectivity index (χ1) is 10.7. The maximum Gasteiger partial charge on any atom is 0.296 e. The Hall–Kier alpha value is -2.93. The van der Waals surface area contributed by atoms with E-state index < -0.39 is 0 Å². The number of para-hydroxylation sites is 2. The summed E-state index contributed by atoms with van der Waals surface area (Å²) in [5.41, 5.74) is 0.971. The van der Waals surface area contributed by atoms with Crippen LogP contribution in [0.15, 0.2) is 48.5 Å². The van der Waals surface area contributed by atoms with Crippen molar-refractivity contribution in [1.82, 2.24) is 5.32 Å². The maximum absolute atomic E-state index is 11.3. The lowest BCUT2D eigenvalue weighted by atomic mass is 10.2. The number of amides is 1. The van der Waals surface area contributed by atoms with Crippen LogP contribution in [-0.2, 0) is 11.3 Å². The first-order valence-electron chi connectivity index (χ1n) is 6.83. The molecule has 4 heteroatoms. The third kappa shape index (κ3) is 4.29. The fraction of sp³-hybridized carbons (Fsp3) is 0.167. The minimum Gasteiger partial charge on any atom is -0.493 e. The molecule has 0 atom stereocenters. The van der Waals surface area contributed by atoms with Gasteiger partial charge < -0.3 is 14.8 Å². The maximum atomic E-state index is 11.3. The summed E-state index contributed by atoms with van der Waals surface area (Å²) in [6, 6.07) is 14.9. The molecule has 0 aliphatic heterocycles. The number of methoxy groups -OCH3 is 1. The third-order valence-corrected chi connectivity index (χ3v) is 2.91. The lowest BCUT2D eigenvalue weighted by Gasteiger charge is -2.10. The Morgan fingerprint density at radius 1 is 1.09 bits per heavy atom. The Morgan fingerprint density at radius 3 is 2.41 bits per heavy atom. The molecule has 0 aliphatic rings. The van der Waals surface area contributed by atoms with Gasteiger partial charge in [-0.2, -0.15) is 0 Å². The zero-order valence-corrected chi connectivity index (χ0v) is 12.6. The van der Waals surface area contributed by atoms with Crippen LogP contribution >= 0.6 is 0 Å². The van der Waals surface area contributed by atoms with E-state index >= 15 is 0 Å². The average Bonchev–Trinajstić information content (AvgIpc) is 2.55. The fourth-order valence-corrected chi connectivity index (χ4v) is 1.85. The Balaban J connectivity index is 1.99. The monoisotopic (exact) mass is 295 g/mol. The summed E-state index contributed by atoms with van der Waals surface area (Å²) in [6.07, 6.45) is 0. The van der Waals surface area contributed by atoms with Gasteiger partial charge in [-0.15, -0.1) is 0 Å². The molecule has 2 aromatic carbocycles. The number of carbonyl (C=O) groups is 1. The second-order valence-electron chi connectivity index (χ2n) is 4.45. The highest BCUT2D eigenvalue weighted by molar-refractivity contribution is 5.93. The van der Waals surface area contributed by atoms with Gasteiger partial charge in [0.15, 0.2) is 11.5 Å². The second-order valence-corrected chi connectivity index (χ2v) is 4.45. The van der Waals surface area contributed by atoms with Crippen LogP contribution in [0.1, 0.15) is 12.5 Å². The zero-order chi connectivity index (χ0) is 15.8. The van der Waals surface area contributed by atoms with E-state index in [0.717, 1.165) is 5.56 Å². The minimum atomic E-state index is -0.281. The largest absolute Gasteiger partial charge is 0.493 e. The molecule has 1 amide bonds. The molecule has 0 bridgehead atoms. The van der Waals surface area contributed by atoms with E-state index in [0.29, 0.717) is 23.8 Å². The first-order valence-corrected chi connectivity index (χ1v) is 6.83. The molecule has 0 saturated carbocycles. The summed E-state index contributed by atoms with van der Waals surface area (Å²) in [5, 5.41) is 2.71. The third-order valence-electron chi connectivity index (χ3n) is 2.91. The average molecular weight is 295 g/mol. The number of nitrogens with one attached hydrogen (secondary N) is 1. The fourth-order valence-electron chi connectivity index (χ4n) is 1.85. The predicted molar refractivity (Wildman–Crippen MR) is 84.8 cm³/mol.